The Bertz CT molecular complexity index is 470. The molecule has 3 nitrogen and oxygen atoms in total. The molecule has 1 saturated carbocycles. The molecule has 0 bridgehead atoms. The lowest BCUT2D eigenvalue weighted by Gasteiger charge is -2.32. The van der Waals surface area contributed by atoms with Crippen LogP contribution in [0.4, 0.5) is 0 Å². The van der Waals surface area contributed by atoms with Crippen LogP contribution in [0.3, 0.4) is 0 Å². The molecule has 0 amide bonds. The van der Waals surface area contributed by atoms with Crippen LogP contribution in [-0.4, -0.2) is 14.2 Å². The molecule has 1 aliphatic rings. The number of nitrogens with two attached hydrogens (primary N) is 1. The quantitative estimate of drug-likeness (QED) is 0.833. The summed E-state index contributed by atoms with van der Waals surface area (Å²) < 4.78 is 11.7. The smallest absolute Gasteiger partial charge is 0.141 e. The van der Waals surface area contributed by atoms with Crippen molar-refractivity contribution in [2.24, 2.45) is 17.6 Å². The van der Waals surface area contributed by atoms with Gasteiger partial charge in [-0.1, -0.05) is 26.2 Å². The minimum Gasteiger partial charge on any atom is -0.495 e. The summed E-state index contributed by atoms with van der Waals surface area (Å²) in [5, 5.41) is 0. The molecule has 2 rings (SSSR count). The van der Waals surface area contributed by atoms with Gasteiger partial charge in [0.1, 0.15) is 16.0 Å². The molecule has 0 heterocycles. The van der Waals surface area contributed by atoms with Gasteiger partial charge in [-0.3, -0.25) is 0 Å². The van der Waals surface area contributed by atoms with Crippen LogP contribution in [0.25, 0.3) is 0 Å². The standard InChI is InChI=1S/C17H26BrNO2/c1-4-11-5-7-12(8-6-11)16(19)13-9-10-14(20-2)15(18)17(13)21-3/h9-12,16H,4-8,19H2,1-3H3. The van der Waals surface area contributed by atoms with Crippen LogP contribution < -0.4 is 15.2 Å². The molecule has 1 atom stereocenters. The van der Waals surface area contributed by atoms with E-state index < -0.39 is 0 Å². The number of rotatable bonds is 5. The molecular formula is C17H26BrNO2. The van der Waals surface area contributed by atoms with Gasteiger partial charge in [0.25, 0.3) is 0 Å². The van der Waals surface area contributed by atoms with Gasteiger partial charge in [-0.15, -0.1) is 0 Å². The first kappa shape index (κ1) is 16.6. The van der Waals surface area contributed by atoms with E-state index >= 15 is 0 Å². The van der Waals surface area contributed by atoms with Crippen LogP contribution in [0.5, 0.6) is 11.5 Å². The molecule has 1 aromatic carbocycles. The summed E-state index contributed by atoms with van der Waals surface area (Å²) in [7, 11) is 3.34. The second-order valence-electron chi connectivity index (χ2n) is 5.92. The highest BCUT2D eigenvalue weighted by Crippen LogP contribution is 2.44. The van der Waals surface area contributed by atoms with Gasteiger partial charge in [0.05, 0.1) is 14.2 Å². The summed E-state index contributed by atoms with van der Waals surface area (Å²) in [4.78, 5) is 0. The predicted octanol–water partition coefficient (Wildman–Crippen LogP) is 4.68. The molecule has 1 aliphatic carbocycles. The number of hydrogen-bond donors (Lipinski definition) is 1. The van der Waals surface area contributed by atoms with E-state index in [0.717, 1.165) is 27.5 Å². The van der Waals surface area contributed by atoms with Crippen molar-refractivity contribution in [3.63, 3.8) is 0 Å². The van der Waals surface area contributed by atoms with E-state index in [0.29, 0.717) is 5.92 Å². The monoisotopic (exact) mass is 355 g/mol. The third kappa shape index (κ3) is 3.54. The van der Waals surface area contributed by atoms with Crippen molar-refractivity contribution in [3.05, 3.63) is 22.2 Å². The Morgan fingerprint density at radius 3 is 2.38 bits per heavy atom. The van der Waals surface area contributed by atoms with Gasteiger partial charge in [-0.25, -0.2) is 0 Å². The molecule has 1 unspecified atom stereocenters. The number of benzene rings is 1. The highest BCUT2D eigenvalue weighted by Gasteiger charge is 2.28. The van der Waals surface area contributed by atoms with Crippen LogP contribution in [-0.2, 0) is 0 Å². The maximum absolute atomic E-state index is 6.55. The molecule has 1 aromatic rings. The molecule has 118 valence electrons. The van der Waals surface area contributed by atoms with Crippen molar-refractivity contribution in [2.75, 3.05) is 14.2 Å². The van der Waals surface area contributed by atoms with E-state index in [4.69, 9.17) is 15.2 Å². The van der Waals surface area contributed by atoms with Crippen LogP contribution in [0.15, 0.2) is 16.6 Å². The van der Waals surface area contributed by atoms with Crippen molar-refractivity contribution in [3.8, 4) is 11.5 Å². The van der Waals surface area contributed by atoms with Gasteiger partial charge in [0.15, 0.2) is 0 Å². The van der Waals surface area contributed by atoms with Crippen LogP contribution in [0, 0.1) is 11.8 Å². The highest BCUT2D eigenvalue weighted by atomic mass is 79.9. The van der Waals surface area contributed by atoms with Crippen LogP contribution in [0.1, 0.15) is 50.6 Å². The highest BCUT2D eigenvalue weighted by molar-refractivity contribution is 9.10. The molecule has 0 aromatic heterocycles. The number of ether oxygens (including phenoxy) is 2. The topological polar surface area (TPSA) is 44.5 Å². The maximum atomic E-state index is 6.55. The van der Waals surface area contributed by atoms with Crippen LogP contribution >= 0.6 is 15.9 Å². The maximum Gasteiger partial charge on any atom is 0.141 e. The van der Waals surface area contributed by atoms with E-state index in [9.17, 15) is 0 Å². The summed E-state index contributed by atoms with van der Waals surface area (Å²) in [6, 6.07) is 4.03. The van der Waals surface area contributed by atoms with Crippen molar-refractivity contribution in [2.45, 2.75) is 45.1 Å². The zero-order chi connectivity index (χ0) is 15.4. The Morgan fingerprint density at radius 1 is 1.19 bits per heavy atom. The van der Waals surface area contributed by atoms with Crippen molar-refractivity contribution >= 4 is 15.9 Å². The van der Waals surface area contributed by atoms with Crippen molar-refractivity contribution in [1.82, 2.24) is 0 Å². The minimum absolute atomic E-state index is 0.0277. The van der Waals surface area contributed by atoms with Gasteiger partial charge in [0, 0.05) is 11.6 Å². The molecule has 4 heteroatoms. The first-order valence-electron chi connectivity index (χ1n) is 7.78. The fourth-order valence-electron chi connectivity index (χ4n) is 3.39. The molecule has 0 aliphatic heterocycles. The van der Waals surface area contributed by atoms with Crippen molar-refractivity contribution in [1.29, 1.82) is 0 Å². The average molecular weight is 356 g/mol. The fourth-order valence-corrected chi connectivity index (χ4v) is 4.07. The zero-order valence-electron chi connectivity index (χ0n) is 13.2. The molecule has 0 saturated heterocycles. The largest absolute Gasteiger partial charge is 0.495 e. The fraction of sp³-hybridized carbons (Fsp3) is 0.647. The Kier molecular flexibility index (Phi) is 5.94. The van der Waals surface area contributed by atoms with E-state index in [1.807, 2.05) is 12.1 Å². The minimum atomic E-state index is 0.0277. The molecular weight excluding hydrogens is 330 g/mol. The summed E-state index contributed by atoms with van der Waals surface area (Å²) >= 11 is 3.56. The Morgan fingerprint density at radius 2 is 1.86 bits per heavy atom. The lowest BCUT2D eigenvalue weighted by atomic mass is 9.76. The lowest BCUT2D eigenvalue weighted by Crippen LogP contribution is -2.26. The second-order valence-corrected chi connectivity index (χ2v) is 6.71. The normalized spacial score (nSPS) is 23.7. The van der Waals surface area contributed by atoms with Gasteiger partial charge in [-0.05, 0) is 52.7 Å². The molecule has 0 radical (unpaired) electrons. The van der Waals surface area contributed by atoms with E-state index in [2.05, 4.69) is 22.9 Å². The van der Waals surface area contributed by atoms with Gasteiger partial charge < -0.3 is 15.2 Å². The summed E-state index contributed by atoms with van der Waals surface area (Å²) in [5.74, 6) is 3.01. The number of hydrogen-bond acceptors (Lipinski definition) is 3. The molecule has 21 heavy (non-hydrogen) atoms. The third-order valence-corrected chi connectivity index (χ3v) is 5.60. The molecule has 2 N–H and O–H groups in total. The number of methoxy groups -OCH3 is 2. The number of halogens is 1. The van der Waals surface area contributed by atoms with E-state index in [1.54, 1.807) is 14.2 Å². The average Bonchev–Trinajstić information content (AvgIpc) is 2.54. The van der Waals surface area contributed by atoms with Gasteiger partial charge in [0.2, 0.25) is 0 Å². The Balaban J connectivity index is 2.19. The Hall–Kier alpha value is -0.740. The SMILES string of the molecule is CCC1CCC(C(N)c2ccc(OC)c(Br)c2OC)CC1. The first-order valence-corrected chi connectivity index (χ1v) is 8.57. The molecule has 0 spiro atoms. The first-order chi connectivity index (χ1) is 10.1. The second kappa shape index (κ2) is 7.50. The predicted molar refractivity (Wildman–Crippen MR) is 89.9 cm³/mol. The zero-order valence-corrected chi connectivity index (χ0v) is 14.8. The van der Waals surface area contributed by atoms with E-state index in [1.165, 1.54) is 32.1 Å². The van der Waals surface area contributed by atoms with Gasteiger partial charge in [-0.2, -0.15) is 0 Å². The van der Waals surface area contributed by atoms with E-state index in [-0.39, 0.29) is 6.04 Å². The molecule has 1 fully saturated rings. The van der Waals surface area contributed by atoms with Gasteiger partial charge >= 0.3 is 0 Å². The Labute approximate surface area is 136 Å². The summed E-state index contributed by atoms with van der Waals surface area (Å²) in [6.45, 7) is 2.29. The summed E-state index contributed by atoms with van der Waals surface area (Å²) in [5.41, 5.74) is 7.63. The third-order valence-electron chi connectivity index (χ3n) is 4.85. The van der Waals surface area contributed by atoms with Crippen molar-refractivity contribution < 1.29 is 9.47 Å². The summed E-state index contributed by atoms with van der Waals surface area (Å²) in [6.07, 6.45) is 6.32. The van der Waals surface area contributed by atoms with Crippen LogP contribution in [0.2, 0.25) is 0 Å². The lowest BCUT2D eigenvalue weighted by molar-refractivity contribution is 0.237.